The topological polar surface area (TPSA) is 326 Å². The molecule has 8 rings (SSSR count). The molecule has 0 bridgehead atoms. The second-order valence-corrected chi connectivity index (χ2v) is 8.63. The van der Waals surface area contributed by atoms with E-state index in [1.807, 2.05) is 72.8 Å². The van der Waals surface area contributed by atoms with E-state index in [1.54, 1.807) is 62.0 Å². The average molecular weight is 818 g/mol. The number of hydrogen-bond acceptors (Lipinski definition) is 14. The number of pyridine rings is 4. The smallest absolute Gasteiger partial charge is 0.373 e. The Kier molecular flexibility index (Phi) is 23.3. The van der Waals surface area contributed by atoms with E-state index >= 15 is 0 Å². The largest absolute Gasteiger partial charge is 2.00 e. The van der Waals surface area contributed by atoms with Crippen LogP contribution in [0.25, 0.3) is 77.8 Å². The summed E-state index contributed by atoms with van der Waals surface area (Å²) in [6, 6.07) is 23.2. The SMILES string of the molecule is [Cu+2].[Cu+2].[N-]=[N+]=[N-].[N-]=[N+]=[N-].c1ccc(-c2ccccn2)nc1.c1ccc(-c2ccccn2)nc1.c1cnc(-c2nnn[n-]2)cn1.c1cnc(-c2nnn[n-]2)cn1. The average Bonchev–Trinajstić information content (AvgIpc) is 3.98. The van der Waals surface area contributed by atoms with Crippen molar-refractivity contribution in [2.45, 2.75) is 0 Å². The predicted molar refractivity (Wildman–Crippen MR) is 183 cm³/mol. The molecular weight excluding hydrogens is 796 g/mol. The van der Waals surface area contributed by atoms with Crippen LogP contribution in [0.15, 0.2) is 135 Å². The van der Waals surface area contributed by atoms with Crippen LogP contribution < -0.4 is 10.2 Å². The molecule has 0 fully saturated rings. The maximum absolute atomic E-state index is 6.75. The number of tetrazole rings is 2. The zero-order valence-corrected chi connectivity index (χ0v) is 29.0. The first kappa shape index (κ1) is 44.6. The molecule has 0 aliphatic rings. The quantitative estimate of drug-likeness (QED) is 0.101. The van der Waals surface area contributed by atoms with Crippen LogP contribution in [0.5, 0.6) is 0 Å². The Balaban J connectivity index is 0.000000339. The molecular formula is C30H22Cu2N22. The third kappa shape index (κ3) is 17.0. The van der Waals surface area contributed by atoms with Gasteiger partial charge in [0.15, 0.2) is 0 Å². The Morgan fingerprint density at radius 2 is 0.685 bits per heavy atom. The van der Waals surface area contributed by atoms with Gasteiger partial charge in [-0.25, -0.2) is 0 Å². The molecule has 0 saturated carbocycles. The monoisotopic (exact) mass is 816 g/mol. The van der Waals surface area contributed by atoms with Crippen LogP contribution in [0.2, 0.25) is 0 Å². The van der Waals surface area contributed by atoms with Crippen LogP contribution in [0.3, 0.4) is 0 Å². The Hall–Kier alpha value is -7.44. The third-order valence-electron chi connectivity index (χ3n) is 5.41. The molecule has 8 aromatic heterocycles. The molecule has 22 nitrogen and oxygen atoms in total. The van der Waals surface area contributed by atoms with Crippen LogP contribution in [0.1, 0.15) is 0 Å². The van der Waals surface area contributed by atoms with Gasteiger partial charge in [-0.3, -0.25) is 70.3 Å². The molecule has 8 aromatic rings. The van der Waals surface area contributed by atoms with Crippen molar-refractivity contribution >= 4 is 0 Å². The Labute approximate surface area is 326 Å². The fourth-order valence-corrected chi connectivity index (χ4v) is 3.38. The van der Waals surface area contributed by atoms with Crippen molar-refractivity contribution in [1.82, 2.24) is 81.1 Å². The number of aromatic nitrogens is 16. The molecule has 24 heteroatoms. The van der Waals surface area contributed by atoms with Crippen molar-refractivity contribution in [1.29, 1.82) is 0 Å². The Bertz CT molecular complexity index is 1870. The second-order valence-electron chi connectivity index (χ2n) is 8.63. The predicted octanol–water partition coefficient (Wildman–Crippen LogP) is 4.59. The molecule has 54 heavy (non-hydrogen) atoms. The molecule has 0 aromatic carbocycles. The normalized spacial score (nSPS) is 8.59. The molecule has 8 heterocycles. The molecule has 2 radical (unpaired) electrons. The summed E-state index contributed by atoms with van der Waals surface area (Å²) >= 11 is 0. The van der Waals surface area contributed by atoms with Gasteiger partial charge in [0, 0.05) is 49.6 Å². The van der Waals surface area contributed by atoms with E-state index in [-0.39, 0.29) is 34.1 Å². The molecule has 0 N–H and O–H groups in total. The molecule has 0 atom stereocenters. The van der Waals surface area contributed by atoms with Crippen molar-refractivity contribution in [3.8, 4) is 45.8 Å². The van der Waals surface area contributed by atoms with Gasteiger partial charge in [0.05, 0.1) is 58.2 Å². The summed E-state index contributed by atoms with van der Waals surface area (Å²) in [4.78, 5) is 35.3. The van der Waals surface area contributed by atoms with E-state index < -0.39 is 0 Å². The van der Waals surface area contributed by atoms with Crippen molar-refractivity contribution in [3.63, 3.8) is 0 Å². The Morgan fingerprint density at radius 3 is 0.889 bits per heavy atom. The van der Waals surface area contributed by atoms with E-state index in [0.29, 0.717) is 23.0 Å². The van der Waals surface area contributed by atoms with Gasteiger partial charge in [-0.2, -0.15) is 10.4 Å². The summed E-state index contributed by atoms with van der Waals surface area (Å²) < 4.78 is 0. The standard InChI is InChI=1S/2C10H8N2.2C5H3N6.2Cu.2N3/c2*1-3-7-11-9(5-1)10-6-2-4-8-12-10;2*1-2-7-4(3-6-1)5-8-10-11-9-5;;;2*1-3-2/h2*1-8H;2*1-3H;;;;/q;;2*-1;2*+2;2*-1. The summed E-state index contributed by atoms with van der Waals surface area (Å²) in [6.07, 6.45) is 16.5. The maximum atomic E-state index is 6.75. The molecule has 0 saturated heterocycles. The molecule has 0 spiro atoms. The summed E-state index contributed by atoms with van der Waals surface area (Å²) in [5, 5.41) is 27.7. The number of nitrogens with zero attached hydrogens (tertiary/aromatic N) is 22. The molecule has 0 aliphatic heterocycles. The minimum Gasteiger partial charge on any atom is -0.373 e. The number of hydrogen-bond donors (Lipinski definition) is 0. The second kappa shape index (κ2) is 28.3. The first-order valence-corrected chi connectivity index (χ1v) is 14.2. The van der Waals surface area contributed by atoms with Gasteiger partial charge in [0.25, 0.3) is 0 Å². The zero-order chi connectivity index (χ0) is 36.9. The van der Waals surface area contributed by atoms with Crippen molar-refractivity contribution < 1.29 is 34.1 Å². The summed E-state index contributed by atoms with van der Waals surface area (Å²) in [6.45, 7) is 0. The van der Waals surface area contributed by atoms with E-state index in [0.717, 1.165) is 22.8 Å². The van der Waals surface area contributed by atoms with Gasteiger partial charge in [0.1, 0.15) is 0 Å². The third-order valence-corrected chi connectivity index (χ3v) is 5.41. The molecule has 274 valence electrons. The first-order chi connectivity index (χ1) is 25.7. The van der Waals surface area contributed by atoms with Gasteiger partial charge >= 0.3 is 34.1 Å². The van der Waals surface area contributed by atoms with Gasteiger partial charge in [0.2, 0.25) is 0 Å². The van der Waals surface area contributed by atoms with Crippen LogP contribution in [0.4, 0.5) is 0 Å². The fourth-order valence-electron chi connectivity index (χ4n) is 3.38. The van der Waals surface area contributed by atoms with E-state index in [9.17, 15) is 0 Å². The Morgan fingerprint density at radius 1 is 0.389 bits per heavy atom. The van der Waals surface area contributed by atoms with Gasteiger partial charge < -0.3 is 32.3 Å². The van der Waals surface area contributed by atoms with Crippen LogP contribution in [-0.4, -0.2) is 70.9 Å². The minimum atomic E-state index is 0. The minimum absolute atomic E-state index is 0. The maximum Gasteiger partial charge on any atom is 2.00 e. The van der Waals surface area contributed by atoms with E-state index in [2.05, 4.69) is 81.1 Å². The van der Waals surface area contributed by atoms with E-state index in [1.165, 1.54) is 9.82 Å². The first-order valence-electron chi connectivity index (χ1n) is 14.2. The molecule has 0 aliphatic carbocycles. The summed E-state index contributed by atoms with van der Waals surface area (Å²) in [5.74, 6) is 0.802. The zero-order valence-electron chi connectivity index (χ0n) is 27.1. The summed E-state index contributed by atoms with van der Waals surface area (Å²) in [7, 11) is 0. The van der Waals surface area contributed by atoms with Crippen LogP contribution >= 0.6 is 0 Å². The van der Waals surface area contributed by atoms with Crippen LogP contribution in [0, 0.1) is 0 Å². The van der Waals surface area contributed by atoms with E-state index in [4.69, 9.17) is 22.1 Å². The van der Waals surface area contributed by atoms with Crippen LogP contribution in [-0.2, 0) is 34.1 Å². The van der Waals surface area contributed by atoms with Gasteiger partial charge in [-0.05, 0) is 48.5 Å². The fraction of sp³-hybridized carbons (Fsp3) is 0. The molecule has 0 amide bonds. The van der Waals surface area contributed by atoms with Crippen molar-refractivity contribution in [3.05, 3.63) is 167 Å². The van der Waals surface area contributed by atoms with Crippen molar-refractivity contribution in [2.24, 2.45) is 0 Å². The number of rotatable bonds is 4. The molecule has 0 unspecified atom stereocenters. The van der Waals surface area contributed by atoms with Crippen molar-refractivity contribution in [2.75, 3.05) is 0 Å². The summed E-state index contributed by atoms with van der Waals surface area (Å²) in [5.41, 5.74) is 31.8. The van der Waals surface area contributed by atoms with Gasteiger partial charge in [-0.1, -0.05) is 24.3 Å². The van der Waals surface area contributed by atoms with Gasteiger partial charge in [-0.15, -0.1) is 0 Å².